The van der Waals surface area contributed by atoms with Crippen LogP contribution in [0.5, 0.6) is 0 Å². The molecule has 23 heavy (non-hydrogen) atoms. The van der Waals surface area contributed by atoms with Gasteiger partial charge in [-0.25, -0.2) is 12.8 Å². The highest BCUT2D eigenvalue weighted by Gasteiger charge is 2.34. The molecule has 0 radical (unpaired) electrons. The van der Waals surface area contributed by atoms with Gasteiger partial charge in [0.15, 0.2) is 0 Å². The fourth-order valence-corrected chi connectivity index (χ4v) is 6.26. The lowest BCUT2D eigenvalue weighted by molar-refractivity contribution is 0.329. The number of rotatable bonds is 3. The molecule has 1 aromatic heterocycles. The van der Waals surface area contributed by atoms with Gasteiger partial charge in [0.05, 0.1) is 10.4 Å². The van der Waals surface area contributed by atoms with Gasteiger partial charge in [-0.1, -0.05) is 36.6 Å². The Balaban J connectivity index is 2.02. The Morgan fingerprint density at radius 1 is 1.17 bits per heavy atom. The highest BCUT2D eigenvalue weighted by Crippen LogP contribution is 2.37. The van der Waals surface area contributed by atoms with Gasteiger partial charge in [0.2, 0.25) is 0 Å². The van der Waals surface area contributed by atoms with Crippen LogP contribution in [0.2, 0.25) is 4.34 Å². The Bertz CT molecular complexity index is 791. The van der Waals surface area contributed by atoms with Gasteiger partial charge >= 0.3 is 0 Å². The van der Waals surface area contributed by atoms with Crippen molar-refractivity contribution < 1.29 is 12.8 Å². The Morgan fingerprint density at radius 2 is 2.00 bits per heavy atom. The summed E-state index contributed by atoms with van der Waals surface area (Å²) >= 11 is 6.95. The molecule has 0 spiro atoms. The second kappa shape index (κ2) is 6.89. The molecule has 3 nitrogen and oxygen atoms in total. The van der Waals surface area contributed by atoms with Crippen molar-refractivity contribution in [2.75, 3.05) is 6.54 Å². The van der Waals surface area contributed by atoms with Crippen molar-refractivity contribution in [3.05, 3.63) is 52.1 Å². The fraction of sp³-hybridized carbons (Fsp3) is 0.375. The van der Waals surface area contributed by atoms with Crippen molar-refractivity contribution in [3.63, 3.8) is 0 Å². The summed E-state index contributed by atoms with van der Waals surface area (Å²) in [5.74, 6) is -0.344. The van der Waals surface area contributed by atoms with Gasteiger partial charge in [-0.15, -0.1) is 11.3 Å². The van der Waals surface area contributed by atoms with Crippen molar-refractivity contribution in [1.82, 2.24) is 4.31 Å². The third kappa shape index (κ3) is 3.60. The van der Waals surface area contributed by atoms with E-state index in [1.807, 2.05) is 0 Å². The van der Waals surface area contributed by atoms with E-state index in [9.17, 15) is 12.8 Å². The molecular weight excluding hydrogens is 357 g/mol. The van der Waals surface area contributed by atoms with Gasteiger partial charge in [0, 0.05) is 6.54 Å². The summed E-state index contributed by atoms with van der Waals surface area (Å²) in [6.07, 6.45) is 3.41. The first-order valence-electron chi connectivity index (χ1n) is 7.51. The normalized spacial score (nSPS) is 20.3. The molecule has 1 aromatic carbocycles. The maximum Gasteiger partial charge on any atom is 0.253 e. The van der Waals surface area contributed by atoms with Gasteiger partial charge in [-0.05, 0) is 42.7 Å². The SMILES string of the molecule is O=S(=O)(c1ccc(Cl)s1)N1CCCCC[C@H]1c1cccc(F)c1. The average molecular weight is 374 g/mol. The molecule has 1 saturated heterocycles. The maximum atomic E-state index is 13.6. The van der Waals surface area contributed by atoms with Gasteiger partial charge in [0.1, 0.15) is 10.0 Å². The van der Waals surface area contributed by atoms with Crippen LogP contribution < -0.4 is 0 Å². The minimum atomic E-state index is -3.63. The van der Waals surface area contributed by atoms with Crippen molar-refractivity contribution in [2.45, 2.75) is 35.9 Å². The van der Waals surface area contributed by atoms with Gasteiger partial charge < -0.3 is 0 Å². The predicted octanol–water partition coefficient (Wildman–Crippen LogP) is 4.85. The molecule has 0 saturated carbocycles. The number of benzene rings is 1. The average Bonchev–Trinajstić information content (AvgIpc) is 2.81. The molecule has 1 aliphatic rings. The lowest BCUT2D eigenvalue weighted by Crippen LogP contribution is -2.34. The third-order valence-electron chi connectivity index (χ3n) is 4.05. The monoisotopic (exact) mass is 373 g/mol. The third-order valence-corrected chi connectivity index (χ3v) is 7.66. The molecule has 0 bridgehead atoms. The molecule has 2 aromatic rings. The van der Waals surface area contributed by atoms with Crippen LogP contribution in [0.4, 0.5) is 4.39 Å². The van der Waals surface area contributed by atoms with Crippen LogP contribution in [0.15, 0.2) is 40.6 Å². The number of nitrogens with zero attached hydrogens (tertiary/aromatic N) is 1. The standard InChI is InChI=1S/C16H17ClFNO2S2/c17-15-8-9-16(22-15)23(20,21)19-10-3-1-2-7-14(19)12-5-4-6-13(18)11-12/h4-6,8-9,11,14H,1-3,7,10H2/t14-/m0/s1. The number of thiophene rings is 1. The van der Waals surface area contributed by atoms with Crippen molar-refractivity contribution in [1.29, 1.82) is 0 Å². The number of sulfonamides is 1. The van der Waals surface area contributed by atoms with Crippen LogP contribution in [0.3, 0.4) is 0 Å². The Hall–Kier alpha value is -0.950. The minimum absolute atomic E-state index is 0.241. The quantitative estimate of drug-likeness (QED) is 0.771. The highest BCUT2D eigenvalue weighted by molar-refractivity contribution is 7.91. The fourth-order valence-electron chi connectivity index (χ4n) is 2.97. The minimum Gasteiger partial charge on any atom is -0.207 e. The first kappa shape index (κ1) is 16.9. The van der Waals surface area contributed by atoms with Crippen LogP contribution in [0.25, 0.3) is 0 Å². The summed E-state index contributed by atoms with van der Waals surface area (Å²) in [6.45, 7) is 0.443. The molecule has 1 aliphatic heterocycles. The molecule has 0 N–H and O–H groups in total. The molecule has 1 fully saturated rings. The molecule has 1 atom stereocenters. The summed E-state index contributed by atoms with van der Waals surface area (Å²) in [7, 11) is -3.63. The zero-order valence-corrected chi connectivity index (χ0v) is 14.8. The molecular formula is C16H17ClFNO2S2. The van der Waals surface area contributed by atoms with Crippen LogP contribution in [-0.4, -0.2) is 19.3 Å². The number of hydrogen-bond acceptors (Lipinski definition) is 3. The van der Waals surface area contributed by atoms with E-state index < -0.39 is 10.0 Å². The summed E-state index contributed by atoms with van der Waals surface area (Å²) < 4.78 is 41.8. The number of hydrogen-bond donors (Lipinski definition) is 0. The van der Waals surface area contributed by atoms with Crippen LogP contribution in [0.1, 0.15) is 37.3 Å². The van der Waals surface area contributed by atoms with E-state index in [2.05, 4.69) is 0 Å². The summed E-state index contributed by atoms with van der Waals surface area (Å²) in [4.78, 5) is 0. The van der Waals surface area contributed by atoms with E-state index in [0.29, 0.717) is 22.9 Å². The van der Waals surface area contributed by atoms with Gasteiger partial charge in [0.25, 0.3) is 10.0 Å². The first-order valence-corrected chi connectivity index (χ1v) is 10.1. The first-order chi connectivity index (χ1) is 11.0. The van der Waals surface area contributed by atoms with Crippen LogP contribution in [0, 0.1) is 5.82 Å². The van der Waals surface area contributed by atoms with Gasteiger partial charge in [-0.3, -0.25) is 0 Å². The second-order valence-corrected chi connectivity index (χ2v) is 9.43. The molecule has 0 aliphatic carbocycles. The maximum absolute atomic E-state index is 13.6. The van der Waals surface area contributed by atoms with E-state index in [4.69, 9.17) is 11.6 Å². The smallest absolute Gasteiger partial charge is 0.207 e. The van der Waals surface area contributed by atoms with E-state index >= 15 is 0 Å². The summed E-state index contributed by atoms with van der Waals surface area (Å²) in [6, 6.07) is 9.02. The zero-order valence-electron chi connectivity index (χ0n) is 12.4. The lowest BCUT2D eigenvalue weighted by Gasteiger charge is -2.29. The Kier molecular flexibility index (Phi) is 5.06. The Morgan fingerprint density at radius 3 is 2.70 bits per heavy atom. The van der Waals surface area contributed by atoms with Crippen molar-refractivity contribution >= 4 is 33.0 Å². The van der Waals surface area contributed by atoms with E-state index in [0.717, 1.165) is 30.6 Å². The molecule has 0 unspecified atom stereocenters. The molecule has 124 valence electrons. The summed E-state index contributed by atoms with van der Waals surface area (Å²) in [5.41, 5.74) is 0.707. The van der Waals surface area contributed by atoms with E-state index in [1.54, 1.807) is 18.2 Å². The zero-order chi connectivity index (χ0) is 16.4. The van der Waals surface area contributed by atoms with Gasteiger partial charge in [-0.2, -0.15) is 4.31 Å². The highest BCUT2D eigenvalue weighted by atomic mass is 35.5. The Labute approximate surface area is 144 Å². The van der Waals surface area contributed by atoms with Crippen LogP contribution >= 0.6 is 22.9 Å². The molecule has 3 rings (SSSR count). The van der Waals surface area contributed by atoms with E-state index in [1.165, 1.54) is 22.5 Å². The number of halogens is 2. The van der Waals surface area contributed by atoms with Crippen molar-refractivity contribution in [3.8, 4) is 0 Å². The predicted molar refractivity (Wildman–Crippen MR) is 90.8 cm³/mol. The molecule has 7 heteroatoms. The van der Waals surface area contributed by atoms with Crippen molar-refractivity contribution in [2.24, 2.45) is 0 Å². The lowest BCUT2D eigenvalue weighted by atomic mass is 10.0. The van der Waals surface area contributed by atoms with E-state index in [-0.39, 0.29) is 16.1 Å². The molecule has 2 heterocycles. The topological polar surface area (TPSA) is 37.4 Å². The largest absolute Gasteiger partial charge is 0.253 e. The molecule has 0 amide bonds. The summed E-state index contributed by atoms with van der Waals surface area (Å²) in [5, 5.41) is 0. The van der Waals surface area contributed by atoms with Crippen LogP contribution in [-0.2, 0) is 10.0 Å². The second-order valence-electron chi connectivity index (χ2n) is 5.59.